The average Bonchev–Trinajstić information content (AvgIpc) is 2.49. The van der Waals surface area contributed by atoms with Crippen molar-refractivity contribution in [3.8, 4) is 5.75 Å². The SMILES string of the molecule is COc1ccc(/C=C(\C)S(=O)(=O)c2ccccc2)cc1. The first-order valence-corrected chi connectivity index (χ1v) is 7.65. The lowest BCUT2D eigenvalue weighted by Gasteiger charge is -2.05. The molecule has 3 nitrogen and oxygen atoms in total. The van der Waals surface area contributed by atoms with Crippen molar-refractivity contribution in [1.29, 1.82) is 0 Å². The van der Waals surface area contributed by atoms with E-state index in [1.165, 1.54) is 0 Å². The van der Waals surface area contributed by atoms with Gasteiger partial charge in [-0.05, 0) is 42.8 Å². The van der Waals surface area contributed by atoms with Crippen LogP contribution in [0, 0.1) is 0 Å². The molecule has 0 radical (unpaired) electrons. The molecular weight excluding hydrogens is 272 g/mol. The molecule has 0 unspecified atom stereocenters. The van der Waals surface area contributed by atoms with Crippen molar-refractivity contribution in [1.82, 2.24) is 0 Å². The smallest absolute Gasteiger partial charge is 0.202 e. The predicted molar refractivity (Wildman–Crippen MR) is 80.3 cm³/mol. The zero-order chi connectivity index (χ0) is 14.6. The van der Waals surface area contributed by atoms with Gasteiger partial charge in [0.25, 0.3) is 0 Å². The van der Waals surface area contributed by atoms with Gasteiger partial charge in [0, 0.05) is 4.91 Å². The first-order chi connectivity index (χ1) is 9.54. The topological polar surface area (TPSA) is 43.4 Å². The van der Waals surface area contributed by atoms with E-state index >= 15 is 0 Å². The van der Waals surface area contributed by atoms with E-state index in [-0.39, 0.29) is 0 Å². The second-order valence-electron chi connectivity index (χ2n) is 4.34. The number of rotatable bonds is 4. The number of ether oxygens (including phenoxy) is 1. The Balaban J connectivity index is 2.34. The molecule has 2 rings (SSSR count). The molecular formula is C16H16O3S. The van der Waals surface area contributed by atoms with Gasteiger partial charge in [-0.2, -0.15) is 0 Å². The number of hydrogen-bond acceptors (Lipinski definition) is 3. The van der Waals surface area contributed by atoms with E-state index in [4.69, 9.17) is 4.74 Å². The van der Waals surface area contributed by atoms with Gasteiger partial charge in [0.05, 0.1) is 12.0 Å². The minimum atomic E-state index is -3.42. The van der Waals surface area contributed by atoms with Crippen molar-refractivity contribution in [2.24, 2.45) is 0 Å². The number of benzene rings is 2. The fourth-order valence-corrected chi connectivity index (χ4v) is 2.98. The van der Waals surface area contributed by atoms with E-state index in [0.29, 0.717) is 9.80 Å². The second-order valence-corrected chi connectivity index (χ2v) is 6.47. The Morgan fingerprint density at radius 3 is 2.15 bits per heavy atom. The van der Waals surface area contributed by atoms with Crippen LogP contribution in [0.4, 0.5) is 0 Å². The van der Waals surface area contributed by atoms with Crippen molar-refractivity contribution < 1.29 is 13.2 Å². The van der Waals surface area contributed by atoms with Gasteiger partial charge in [0.2, 0.25) is 9.84 Å². The fraction of sp³-hybridized carbons (Fsp3) is 0.125. The normalized spacial score (nSPS) is 12.2. The molecule has 0 amide bonds. The van der Waals surface area contributed by atoms with Gasteiger partial charge in [0.15, 0.2) is 0 Å². The zero-order valence-electron chi connectivity index (χ0n) is 11.4. The van der Waals surface area contributed by atoms with Crippen LogP contribution >= 0.6 is 0 Å². The Kier molecular flexibility index (Phi) is 4.25. The van der Waals surface area contributed by atoms with Crippen LogP contribution in [0.1, 0.15) is 12.5 Å². The number of methoxy groups -OCH3 is 1. The molecule has 4 heteroatoms. The molecule has 0 aromatic heterocycles. The molecule has 0 aliphatic rings. The molecule has 0 heterocycles. The highest BCUT2D eigenvalue weighted by Gasteiger charge is 2.16. The Morgan fingerprint density at radius 1 is 1.00 bits per heavy atom. The molecule has 0 aliphatic heterocycles. The van der Waals surface area contributed by atoms with Gasteiger partial charge < -0.3 is 4.74 Å². The third-order valence-corrected chi connectivity index (χ3v) is 4.82. The van der Waals surface area contributed by atoms with Gasteiger partial charge in [0.1, 0.15) is 5.75 Å². The molecule has 0 saturated carbocycles. The largest absolute Gasteiger partial charge is 0.497 e. The molecule has 0 atom stereocenters. The molecule has 2 aromatic carbocycles. The van der Waals surface area contributed by atoms with Crippen LogP contribution in [0.15, 0.2) is 64.4 Å². The third-order valence-electron chi connectivity index (χ3n) is 2.96. The van der Waals surface area contributed by atoms with Crippen molar-refractivity contribution in [2.75, 3.05) is 7.11 Å². The zero-order valence-corrected chi connectivity index (χ0v) is 12.2. The lowest BCUT2D eigenvalue weighted by molar-refractivity contribution is 0.415. The van der Waals surface area contributed by atoms with Gasteiger partial charge in [-0.3, -0.25) is 0 Å². The quantitative estimate of drug-likeness (QED) is 0.864. The van der Waals surface area contributed by atoms with Crippen LogP contribution in [-0.2, 0) is 9.84 Å². The highest BCUT2D eigenvalue weighted by atomic mass is 32.2. The highest BCUT2D eigenvalue weighted by molar-refractivity contribution is 7.95. The lowest BCUT2D eigenvalue weighted by atomic mass is 10.2. The molecule has 0 bridgehead atoms. The van der Waals surface area contributed by atoms with Crippen LogP contribution < -0.4 is 4.74 Å². The molecule has 0 spiro atoms. The van der Waals surface area contributed by atoms with E-state index < -0.39 is 9.84 Å². The maximum atomic E-state index is 12.4. The molecule has 2 aromatic rings. The standard InChI is InChI=1S/C16H16O3S/c1-13(12-14-8-10-15(19-2)11-9-14)20(17,18)16-6-4-3-5-7-16/h3-12H,1-2H3/b13-12+. The number of sulfone groups is 1. The van der Waals surface area contributed by atoms with E-state index in [9.17, 15) is 8.42 Å². The molecule has 0 saturated heterocycles. The average molecular weight is 288 g/mol. The first-order valence-electron chi connectivity index (χ1n) is 6.16. The molecule has 20 heavy (non-hydrogen) atoms. The summed E-state index contributed by atoms with van der Waals surface area (Å²) in [6.45, 7) is 1.60. The Hall–Kier alpha value is -2.07. The summed E-state index contributed by atoms with van der Waals surface area (Å²) >= 11 is 0. The summed E-state index contributed by atoms with van der Waals surface area (Å²) in [5.41, 5.74) is 0.822. The monoisotopic (exact) mass is 288 g/mol. The summed E-state index contributed by atoms with van der Waals surface area (Å²) in [4.78, 5) is 0.621. The number of hydrogen-bond donors (Lipinski definition) is 0. The minimum Gasteiger partial charge on any atom is -0.497 e. The van der Waals surface area contributed by atoms with Crippen molar-refractivity contribution in [3.05, 3.63) is 65.1 Å². The third kappa shape index (κ3) is 3.08. The minimum absolute atomic E-state index is 0.308. The highest BCUT2D eigenvalue weighted by Crippen LogP contribution is 2.21. The predicted octanol–water partition coefficient (Wildman–Crippen LogP) is 3.53. The van der Waals surface area contributed by atoms with Crippen LogP contribution in [0.2, 0.25) is 0 Å². The fourth-order valence-electron chi connectivity index (χ4n) is 1.80. The summed E-state index contributed by atoms with van der Waals surface area (Å²) < 4.78 is 29.8. The summed E-state index contributed by atoms with van der Waals surface area (Å²) in [6, 6.07) is 15.7. The van der Waals surface area contributed by atoms with E-state index in [1.54, 1.807) is 62.6 Å². The maximum Gasteiger partial charge on any atom is 0.202 e. The van der Waals surface area contributed by atoms with Crippen molar-refractivity contribution >= 4 is 15.9 Å². The van der Waals surface area contributed by atoms with Crippen LogP contribution in [-0.4, -0.2) is 15.5 Å². The lowest BCUT2D eigenvalue weighted by Crippen LogP contribution is -2.01. The first kappa shape index (κ1) is 14.3. The van der Waals surface area contributed by atoms with Crippen molar-refractivity contribution in [2.45, 2.75) is 11.8 Å². The Morgan fingerprint density at radius 2 is 1.60 bits per heavy atom. The Labute approximate surface area is 119 Å². The van der Waals surface area contributed by atoms with Gasteiger partial charge in [-0.25, -0.2) is 8.42 Å². The van der Waals surface area contributed by atoms with Crippen LogP contribution in [0.5, 0.6) is 5.75 Å². The summed E-state index contributed by atoms with van der Waals surface area (Å²) in [5, 5.41) is 0. The van der Waals surface area contributed by atoms with Gasteiger partial charge in [-0.1, -0.05) is 30.3 Å². The molecule has 0 fully saturated rings. The Bertz CT molecular complexity index is 699. The van der Waals surface area contributed by atoms with E-state index in [1.807, 2.05) is 12.1 Å². The molecule has 0 N–H and O–H groups in total. The van der Waals surface area contributed by atoms with E-state index in [2.05, 4.69) is 0 Å². The summed E-state index contributed by atoms with van der Waals surface area (Å²) in [5.74, 6) is 0.741. The summed E-state index contributed by atoms with van der Waals surface area (Å²) in [7, 11) is -1.83. The van der Waals surface area contributed by atoms with Crippen LogP contribution in [0.25, 0.3) is 6.08 Å². The maximum absolute atomic E-state index is 12.4. The van der Waals surface area contributed by atoms with Gasteiger partial charge >= 0.3 is 0 Å². The van der Waals surface area contributed by atoms with Crippen molar-refractivity contribution in [3.63, 3.8) is 0 Å². The number of allylic oxidation sites excluding steroid dienone is 1. The molecule has 104 valence electrons. The summed E-state index contributed by atoms with van der Waals surface area (Å²) in [6.07, 6.45) is 1.65. The molecule has 0 aliphatic carbocycles. The van der Waals surface area contributed by atoms with Gasteiger partial charge in [-0.15, -0.1) is 0 Å². The van der Waals surface area contributed by atoms with E-state index in [0.717, 1.165) is 11.3 Å². The second kappa shape index (κ2) is 5.92. The van der Waals surface area contributed by atoms with Crippen LogP contribution in [0.3, 0.4) is 0 Å².